The molecular weight excluding hydrogens is 257 g/mol. The van der Waals surface area contributed by atoms with Gasteiger partial charge < -0.3 is 10.6 Å². The Morgan fingerprint density at radius 3 is 2.76 bits per heavy atom. The lowest BCUT2D eigenvalue weighted by atomic mass is 10.0. The van der Waals surface area contributed by atoms with Crippen LogP contribution in [0.1, 0.15) is 26.7 Å². The molecule has 0 radical (unpaired) electrons. The van der Waals surface area contributed by atoms with Gasteiger partial charge >= 0.3 is 0 Å². The highest BCUT2D eigenvalue weighted by Gasteiger charge is 2.29. The normalized spacial score (nSPS) is 20.3. The summed E-state index contributed by atoms with van der Waals surface area (Å²) >= 11 is 12.1. The van der Waals surface area contributed by atoms with Crippen LogP contribution < -0.4 is 10.6 Å². The van der Waals surface area contributed by atoms with Gasteiger partial charge in [-0.3, -0.25) is 0 Å². The summed E-state index contributed by atoms with van der Waals surface area (Å²) in [5, 5.41) is 0.996. The van der Waals surface area contributed by atoms with E-state index in [0.29, 0.717) is 27.8 Å². The van der Waals surface area contributed by atoms with Gasteiger partial charge in [0.25, 0.3) is 0 Å². The first-order chi connectivity index (χ1) is 8.00. The van der Waals surface area contributed by atoms with Crippen molar-refractivity contribution in [1.29, 1.82) is 0 Å². The zero-order chi connectivity index (χ0) is 12.6. The summed E-state index contributed by atoms with van der Waals surface area (Å²) in [6.07, 6.45) is 2.35. The molecule has 0 aromatic carbocycles. The molecule has 17 heavy (non-hydrogen) atoms. The fraction of sp³-hybridized carbons (Fsp3) is 0.583. The molecule has 5 heteroatoms. The average molecular weight is 274 g/mol. The molecule has 1 atom stereocenters. The van der Waals surface area contributed by atoms with E-state index in [1.165, 1.54) is 12.8 Å². The molecule has 0 amide bonds. The fourth-order valence-electron chi connectivity index (χ4n) is 2.42. The number of halogens is 2. The number of nitrogen functional groups attached to an aromatic ring is 1. The Balaban J connectivity index is 2.36. The number of aromatic nitrogens is 1. The number of nitrogens with zero attached hydrogens (tertiary/aromatic N) is 2. The predicted molar refractivity (Wildman–Crippen MR) is 73.9 cm³/mol. The van der Waals surface area contributed by atoms with Crippen LogP contribution in [0.4, 0.5) is 11.6 Å². The van der Waals surface area contributed by atoms with Crippen LogP contribution in [-0.4, -0.2) is 17.6 Å². The summed E-state index contributed by atoms with van der Waals surface area (Å²) in [4.78, 5) is 6.58. The SMILES string of the molecule is CC(C)C1CCCN1c1nc(N)c(Cl)cc1Cl. The minimum atomic E-state index is 0.348. The maximum absolute atomic E-state index is 6.21. The highest BCUT2D eigenvalue weighted by molar-refractivity contribution is 6.37. The third kappa shape index (κ3) is 2.45. The van der Waals surface area contributed by atoms with E-state index in [1.54, 1.807) is 6.07 Å². The molecule has 94 valence electrons. The largest absolute Gasteiger partial charge is 0.382 e. The van der Waals surface area contributed by atoms with Crippen LogP contribution >= 0.6 is 23.2 Å². The Morgan fingerprint density at radius 2 is 2.12 bits per heavy atom. The van der Waals surface area contributed by atoms with E-state index in [-0.39, 0.29) is 0 Å². The van der Waals surface area contributed by atoms with Crippen molar-refractivity contribution in [2.75, 3.05) is 17.2 Å². The van der Waals surface area contributed by atoms with E-state index >= 15 is 0 Å². The number of nitrogens with two attached hydrogens (primary N) is 1. The first-order valence-electron chi connectivity index (χ1n) is 5.89. The zero-order valence-electron chi connectivity index (χ0n) is 10.1. The van der Waals surface area contributed by atoms with Crippen LogP contribution in [0, 0.1) is 5.92 Å². The summed E-state index contributed by atoms with van der Waals surface area (Å²) in [5.74, 6) is 1.69. The van der Waals surface area contributed by atoms with E-state index in [0.717, 1.165) is 12.4 Å². The van der Waals surface area contributed by atoms with Crippen molar-refractivity contribution in [3.63, 3.8) is 0 Å². The van der Waals surface area contributed by atoms with E-state index in [1.807, 2.05) is 0 Å². The average Bonchev–Trinajstić information content (AvgIpc) is 2.72. The number of anilines is 2. The molecule has 1 saturated heterocycles. The molecule has 1 aliphatic rings. The smallest absolute Gasteiger partial charge is 0.150 e. The molecule has 0 aliphatic carbocycles. The fourth-order valence-corrected chi connectivity index (χ4v) is 2.89. The summed E-state index contributed by atoms with van der Waals surface area (Å²) < 4.78 is 0. The van der Waals surface area contributed by atoms with Gasteiger partial charge in [-0.25, -0.2) is 4.98 Å². The maximum Gasteiger partial charge on any atom is 0.150 e. The van der Waals surface area contributed by atoms with Crippen molar-refractivity contribution in [2.45, 2.75) is 32.7 Å². The Morgan fingerprint density at radius 1 is 1.41 bits per heavy atom. The summed E-state index contributed by atoms with van der Waals surface area (Å²) in [7, 11) is 0. The minimum absolute atomic E-state index is 0.348. The topological polar surface area (TPSA) is 42.2 Å². The Kier molecular flexibility index (Phi) is 3.69. The quantitative estimate of drug-likeness (QED) is 0.896. The van der Waals surface area contributed by atoms with E-state index in [4.69, 9.17) is 28.9 Å². The van der Waals surface area contributed by atoms with Gasteiger partial charge in [-0.05, 0) is 24.8 Å². The third-order valence-corrected chi connectivity index (χ3v) is 3.86. The molecule has 1 aromatic heterocycles. The lowest BCUT2D eigenvalue weighted by Crippen LogP contribution is -2.34. The third-order valence-electron chi connectivity index (χ3n) is 3.28. The molecule has 2 heterocycles. The second-order valence-electron chi connectivity index (χ2n) is 4.81. The van der Waals surface area contributed by atoms with Crippen molar-refractivity contribution in [2.24, 2.45) is 5.92 Å². The van der Waals surface area contributed by atoms with Crippen LogP contribution in [-0.2, 0) is 0 Å². The molecule has 2 rings (SSSR count). The molecule has 0 spiro atoms. The maximum atomic E-state index is 6.21. The van der Waals surface area contributed by atoms with Crippen molar-refractivity contribution in [3.8, 4) is 0 Å². The predicted octanol–water partition coefficient (Wildman–Crippen LogP) is 3.60. The van der Waals surface area contributed by atoms with Crippen molar-refractivity contribution in [1.82, 2.24) is 4.98 Å². The van der Waals surface area contributed by atoms with Gasteiger partial charge in [0, 0.05) is 12.6 Å². The van der Waals surface area contributed by atoms with Crippen LogP contribution in [0.2, 0.25) is 10.0 Å². The first kappa shape index (κ1) is 12.8. The van der Waals surface area contributed by atoms with Gasteiger partial charge in [-0.2, -0.15) is 0 Å². The highest BCUT2D eigenvalue weighted by Crippen LogP contribution is 2.35. The van der Waals surface area contributed by atoms with E-state index < -0.39 is 0 Å². The highest BCUT2D eigenvalue weighted by atomic mass is 35.5. The second kappa shape index (κ2) is 4.91. The van der Waals surface area contributed by atoms with E-state index in [9.17, 15) is 0 Å². The van der Waals surface area contributed by atoms with Gasteiger partial charge in [0.1, 0.15) is 11.6 Å². The number of hydrogen-bond donors (Lipinski definition) is 1. The van der Waals surface area contributed by atoms with Gasteiger partial charge in [-0.15, -0.1) is 0 Å². The van der Waals surface area contributed by atoms with Crippen LogP contribution in [0.3, 0.4) is 0 Å². The zero-order valence-corrected chi connectivity index (χ0v) is 11.6. The van der Waals surface area contributed by atoms with Crippen molar-refractivity contribution >= 4 is 34.8 Å². The second-order valence-corrected chi connectivity index (χ2v) is 5.62. The lowest BCUT2D eigenvalue weighted by molar-refractivity contribution is 0.490. The van der Waals surface area contributed by atoms with Gasteiger partial charge in [0.2, 0.25) is 0 Å². The van der Waals surface area contributed by atoms with Gasteiger partial charge in [0.05, 0.1) is 10.0 Å². The Hall–Kier alpha value is -0.670. The van der Waals surface area contributed by atoms with Gasteiger partial charge in [0.15, 0.2) is 0 Å². The Bertz CT molecular complexity index is 420. The molecule has 0 saturated carbocycles. The van der Waals surface area contributed by atoms with Crippen LogP contribution in [0.15, 0.2) is 6.07 Å². The van der Waals surface area contributed by atoms with Crippen LogP contribution in [0.5, 0.6) is 0 Å². The summed E-state index contributed by atoms with van der Waals surface area (Å²) in [6.45, 7) is 5.42. The summed E-state index contributed by atoms with van der Waals surface area (Å²) in [6, 6.07) is 2.16. The van der Waals surface area contributed by atoms with Crippen molar-refractivity contribution in [3.05, 3.63) is 16.1 Å². The standard InChI is InChI=1S/C12H17Cl2N3/c1-7(2)10-4-3-5-17(10)12-9(14)6-8(13)11(15)16-12/h6-7,10H,3-5H2,1-2H3,(H2,15,16). The lowest BCUT2D eigenvalue weighted by Gasteiger charge is -2.29. The van der Waals surface area contributed by atoms with Crippen LogP contribution in [0.25, 0.3) is 0 Å². The molecule has 3 nitrogen and oxygen atoms in total. The molecule has 1 unspecified atom stereocenters. The van der Waals surface area contributed by atoms with Crippen molar-refractivity contribution < 1.29 is 0 Å². The molecule has 0 bridgehead atoms. The van der Waals surface area contributed by atoms with Gasteiger partial charge in [-0.1, -0.05) is 37.0 Å². The van der Waals surface area contributed by atoms with E-state index in [2.05, 4.69) is 23.7 Å². The number of hydrogen-bond acceptors (Lipinski definition) is 3. The summed E-state index contributed by atoms with van der Waals surface area (Å²) in [5.41, 5.74) is 5.75. The molecule has 1 aromatic rings. The molecule has 2 N–H and O–H groups in total. The number of pyridine rings is 1. The monoisotopic (exact) mass is 273 g/mol. The molecule has 1 aliphatic heterocycles. The molecule has 1 fully saturated rings. The Labute approximate surface area is 112 Å². The first-order valence-corrected chi connectivity index (χ1v) is 6.64. The molecular formula is C12H17Cl2N3. The minimum Gasteiger partial charge on any atom is -0.382 e. The number of rotatable bonds is 2.